The molecule has 4 saturated carbocycles. The van der Waals surface area contributed by atoms with E-state index < -0.39 is 0 Å². The summed E-state index contributed by atoms with van der Waals surface area (Å²) in [5, 5.41) is 0. The number of epoxide rings is 1. The van der Waals surface area contributed by atoms with E-state index in [1.165, 1.54) is 51.4 Å². The van der Waals surface area contributed by atoms with Crippen molar-refractivity contribution in [2.24, 2.45) is 34.0 Å². The van der Waals surface area contributed by atoms with Gasteiger partial charge in [0, 0.05) is 0 Å². The van der Waals surface area contributed by atoms with E-state index in [0.29, 0.717) is 16.7 Å². The fourth-order valence-corrected chi connectivity index (χ4v) is 8.51. The van der Waals surface area contributed by atoms with E-state index >= 15 is 0 Å². The number of rotatable bonds is 1. The van der Waals surface area contributed by atoms with Gasteiger partial charge in [0.2, 0.25) is 0 Å². The van der Waals surface area contributed by atoms with Crippen molar-refractivity contribution >= 4 is 5.97 Å². The normalized spacial score (nSPS) is 58.0. The highest BCUT2D eigenvalue weighted by Gasteiger charge is 2.71. The zero-order chi connectivity index (χ0) is 16.8. The monoisotopic (exact) mass is 332 g/mol. The average molecular weight is 332 g/mol. The van der Waals surface area contributed by atoms with Crippen LogP contribution in [0.2, 0.25) is 0 Å². The summed E-state index contributed by atoms with van der Waals surface area (Å²) in [7, 11) is 1.57. The second-order valence-corrected chi connectivity index (χ2v) is 10.3. The SMILES string of the molecule is COC(=O)[C@]1(C)CCC[C@@]2(C)C3CC[C@@H]4C[C@@]3(CCC21)C[C@]41CO1. The van der Waals surface area contributed by atoms with Crippen molar-refractivity contribution in [3.63, 3.8) is 0 Å². The van der Waals surface area contributed by atoms with E-state index in [9.17, 15) is 4.79 Å². The van der Waals surface area contributed by atoms with Gasteiger partial charge < -0.3 is 9.47 Å². The standard InChI is InChI=1S/C21H32O3/c1-18-8-4-9-19(2,17(22)23-3)15(18)7-10-20-11-14(5-6-16(18)20)21(12-20)13-24-21/h14-16H,4-13H2,1-3H3/t14-,15?,16?,18-,19-,20+,21+/m1/s1. The van der Waals surface area contributed by atoms with Gasteiger partial charge in [0.1, 0.15) is 0 Å². The lowest BCUT2D eigenvalue weighted by Gasteiger charge is -2.63. The minimum absolute atomic E-state index is 0.0384. The minimum atomic E-state index is -0.271. The smallest absolute Gasteiger partial charge is 0.311 e. The van der Waals surface area contributed by atoms with Crippen LogP contribution in [0.25, 0.3) is 0 Å². The van der Waals surface area contributed by atoms with Gasteiger partial charge >= 0.3 is 5.97 Å². The molecule has 0 radical (unpaired) electrons. The molecule has 1 saturated heterocycles. The molecule has 5 aliphatic rings. The lowest BCUT2D eigenvalue weighted by molar-refractivity contribution is -0.183. The summed E-state index contributed by atoms with van der Waals surface area (Å²) >= 11 is 0. The largest absolute Gasteiger partial charge is 0.469 e. The highest BCUT2D eigenvalue weighted by atomic mass is 16.6. The lowest BCUT2D eigenvalue weighted by Crippen LogP contribution is -2.58. The van der Waals surface area contributed by atoms with Crippen LogP contribution in [0.4, 0.5) is 0 Å². The van der Waals surface area contributed by atoms with Crippen LogP contribution in [-0.4, -0.2) is 25.3 Å². The van der Waals surface area contributed by atoms with Gasteiger partial charge in [-0.3, -0.25) is 4.79 Å². The van der Waals surface area contributed by atoms with Crippen LogP contribution in [-0.2, 0) is 14.3 Å². The Labute approximate surface area is 145 Å². The highest BCUT2D eigenvalue weighted by Crippen LogP contribution is 2.75. The molecular weight excluding hydrogens is 300 g/mol. The second-order valence-electron chi connectivity index (χ2n) is 10.3. The summed E-state index contributed by atoms with van der Waals surface area (Å²) in [5.74, 6) is 2.14. The minimum Gasteiger partial charge on any atom is -0.469 e. The van der Waals surface area contributed by atoms with Gasteiger partial charge in [0.25, 0.3) is 0 Å². The van der Waals surface area contributed by atoms with E-state index in [2.05, 4.69) is 13.8 Å². The Morgan fingerprint density at radius 3 is 2.58 bits per heavy atom. The fraction of sp³-hybridized carbons (Fsp3) is 0.952. The first-order chi connectivity index (χ1) is 11.4. The first kappa shape index (κ1) is 15.7. The summed E-state index contributed by atoms with van der Waals surface area (Å²) in [6.07, 6.45) is 11.4. The maximum absolute atomic E-state index is 12.7. The summed E-state index contributed by atoms with van der Waals surface area (Å²) in [4.78, 5) is 12.7. The molecule has 134 valence electrons. The Bertz CT molecular complexity index is 582. The molecule has 0 amide bonds. The zero-order valence-electron chi connectivity index (χ0n) is 15.5. The van der Waals surface area contributed by atoms with Crippen LogP contribution in [0.3, 0.4) is 0 Å². The molecule has 1 heterocycles. The summed E-state index contributed by atoms with van der Waals surface area (Å²) in [6, 6.07) is 0. The van der Waals surface area contributed by atoms with E-state index in [4.69, 9.17) is 9.47 Å². The Hall–Kier alpha value is -0.570. The van der Waals surface area contributed by atoms with Crippen molar-refractivity contribution in [2.75, 3.05) is 13.7 Å². The predicted octanol–water partition coefficient (Wildman–Crippen LogP) is 4.34. The molecule has 3 nitrogen and oxygen atoms in total. The number of hydrogen-bond acceptors (Lipinski definition) is 3. The Balaban J connectivity index is 1.53. The molecule has 0 aromatic heterocycles. The Morgan fingerprint density at radius 2 is 1.88 bits per heavy atom. The van der Waals surface area contributed by atoms with Crippen molar-refractivity contribution in [3.8, 4) is 0 Å². The summed E-state index contributed by atoms with van der Waals surface area (Å²) in [5.41, 5.74) is 0.828. The van der Waals surface area contributed by atoms with Crippen LogP contribution in [0, 0.1) is 34.0 Å². The van der Waals surface area contributed by atoms with E-state index in [0.717, 1.165) is 24.9 Å². The molecule has 0 N–H and O–H groups in total. The van der Waals surface area contributed by atoms with E-state index in [-0.39, 0.29) is 17.0 Å². The van der Waals surface area contributed by atoms with Crippen LogP contribution >= 0.6 is 0 Å². The van der Waals surface area contributed by atoms with Gasteiger partial charge in [-0.2, -0.15) is 0 Å². The summed E-state index contributed by atoms with van der Waals surface area (Å²) < 4.78 is 11.3. The first-order valence-corrected chi connectivity index (χ1v) is 10.1. The van der Waals surface area contributed by atoms with Crippen molar-refractivity contribution < 1.29 is 14.3 Å². The fourth-order valence-electron chi connectivity index (χ4n) is 8.51. The lowest BCUT2D eigenvalue weighted by atomic mass is 9.41. The molecular formula is C21H32O3. The molecule has 0 aromatic carbocycles. The maximum Gasteiger partial charge on any atom is 0.311 e. The molecule has 24 heavy (non-hydrogen) atoms. The topological polar surface area (TPSA) is 38.8 Å². The molecule has 2 bridgehead atoms. The molecule has 1 aliphatic heterocycles. The van der Waals surface area contributed by atoms with Crippen molar-refractivity contribution in [2.45, 2.75) is 77.2 Å². The molecule has 7 atom stereocenters. The van der Waals surface area contributed by atoms with Crippen LogP contribution in [0.15, 0.2) is 0 Å². The molecule has 4 aliphatic carbocycles. The van der Waals surface area contributed by atoms with Crippen molar-refractivity contribution in [3.05, 3.63) is 0 Å². The van der Waals surface area contributed by atoms with E-state index in [1.807, 2.05) is 0 Å². The molecule has 2 unspecified atom stereocenters. The first-order valence-electron chi connectivity index (χ1n) is 10.1. The second kappa shape index (κ2) is 4.58. The third-order valence-corrected chi connectivity index (χ3v) is 9.46. The molecule has 5 rings (SSSR count). The number of hydrogen-bond donors (Lipinski definition) is 0. The number of methoxy groups -OCH3 is 1. The number of ether oxygens (including phenoxy) is 2. The van der Waals surface area contributed by atoms with Gasteiger partial charge in [-0.05, 0) is 86.9 Å². The number of carbonyl (C=O) groups excluding carboxylic acids is 1. The number of carbonyl (C=O) groups is 1. The van der Waals surface area contributed by atoms with Crippen LogP contribution < -0.4 is 0 Å². The molecule has 3 heteroatoms. The van der Waals surface area contributed by atoms with Crippen molar-refractivity contribution in [1.29, 1.82) is 0 Å². The molecule has 5 fully saturated rings. The Morgan fingerprint density at radius 1 is 1.08 bits per heavy atom. The molecule has 0 aromatic rings. The van der Waals surface area contributed by atoms with Gasteiger partial charge in [0.05, 0.1) is 24.7 Å². The predicted molar refractivity (Wildman–Crippen MR) is 91.4 cm³/mol. The van der Waals surface area contributed by atoms with Crippen LogP contribution in [0.5, 0.6) is 0 Å². The average Bonchev–Trinajstić information content (AvgIpc) is 3.29. The molecule has 2 spiro atoms. The highest BCUT2D eigenvalue weighted by molar-refractivity contribution is 5.77. The van der Waals surface area contributed by atoms with Gasteiger partial charge in [-0.1, -0.05) is 13.3 Å². The number of esters is 1. The number of fused-ring (bicyclic) bond motifs is 4. The van der Waals surface area contributed by atoms with E-state index in [1.54, 1.807) is 7.11 Å². The maximum atomic E-state index is 12.7. The van der Waals surface area contributed by atoms with Crippen molar-refractivity contribution in [1.82, 2.24) is 0 Å². The third kappa shape index (κ3) is 1.70. The van der Waals surface area contributed by atoms with Gasteiger partial charge in [-0.25, -0.2) is 0 Å². The Kier molecular flexibility index (Phi) is 2.99. The van der Waals surface area contributed by atoms with Gasteiger partial charge in [-0.15, -0.1) is 0 Å². The quantitative estimate of drug-likeness (QED) is 0.529. The third-order valence-electron chi connectivity index (χ3n) is 9.46. The summed E-state index contributed by atoms with van der Waals surface area (Å²) in [6.45, 7) is 5.75. The van der Waals surface area contributed by atoms with Gasteiger partial charge in [0.15, 0.2) is 0 Å². The zero-order valence-corrected chi connectivity index (χ0v) is 15.5. The van der Waals surface area contributed by atoms with Crippen LogP contribution in [0.1, 0.15) is 71.6 Å².